The second kappa shape index (κ2) is 10.1. The summed E-state index contributed by atoms with van der Waals surface area (Å²) in [4.78, 5) is 0. The van der Waals surface area contributed by atoms with Gasteiger partial charge in [0.15, 0.2) is 0 Å². The lowest BCUT2D eigenvalue weighted by Gasteiger charge is -2.29. The predicted octanol–water partition coefficient (Wildman–Crippen LogP) is 2.46. The summed E-state index contributed by atoms with van der Waals surface area (Å²) in [5.74, 6) is 0. The molecule has 0 heterocycles. The third-order valence-electron chi connectivity index (χ3n) is 2.94. The smallest absolute Gasteiger partial charge is 0.0700 e. The van der Waals surface area contributed by atoms with Crippen LogP contribution in [0.1, 0.15) is 40.0 Å². The van der Waals surface area contributed by atoms with Crippen LogP contribution in [0.15, 0.2) is 0 Å². The van der Waals surface area contributed by atoms with Crippen LogP contribution < -0.4 is 5.32 Å². The molecule has 0 aromatic heterocycles. The van der Waals surface area contributed by atoms with Crippen molar-refractivity contribution in [3.8, 4) is 0 Å². The molecular weight excluding hydrogens is 202 g/mol. The first-order valence-corrected chi connectivity index (χ1v) is 6.46. The first-order chi connectivity index (χ1) is 7.68. The predicted molar refractivity (Wildman–Crippen MR) is 68.9 cm³/mol. The third kappa shape index (κ3) is 8.08. The highest BCUT2D eigenvalue weighted by Crippen LogP contribution is 2.26. The molecule has 1 atom stereocenters. The summed E-state index contributed by atoms with van der Waals surface area (Å²) >= 11 is 0. The van der Waals surface area contributed by atoms with Gasteiger partial charge in [-0.1, -0.05) is 27.2 Å². The molecule has 98 valence electrons. The lowest BCUT2D eigenvalue weighted by molar-refractivity contribution is 0.0518. The highest BCUT2D eigenvalue weighted by molar-refractivity contribution is 4.76. The van der Waals surface area contributed by atoms with Crippen molar-refractivity contribution in [1.29, 1.82) is 0 Å². The Morgan fingerprint density at radius 3 is 2.38 bits per heavy atom. The molecule has 0 aliphatic carbocycles. The van der Waals surface area contributed by atoms with E-state index in [1.54, 1.807) is 7.11 Å². The minimum atomic E-state index is 0.373. The van der Waals surface area contributed by atoms with E-state index in [4.69, 9.17) is 9.47 Å². The minimum Gasteiger partial charge on any atom is -0.382 e. The summed E-state index contributed by atoms with van der Waals surface area (Å²) in [7, 11) is 1.70. The van der Waals surface area contributed by atoms with Crippen molar-refractivity contribution in [2.75, 3.05) is 40.0 Å². The lowest BCUT2D eigenvalue weighted by Crippen LogP contribution is -2.33. The number of ether oxygens (including phenoxy) is 2. The normalized spacial score (nSPS) is 15.0. The van der Waals surface area contributed by atoms with Gasteiger partial charge in [0.2, 0.25) is 0 Å². The van der Waals surface area contributed by atoms with E-state index in [-0.39, 0.29) is 0 Å². The first kappa shape index (κ1) is 15.9. The summed E-state index contributed by atoms with van der Waals surface area (Å²) in [6.07, 6.45) is 3.62. The maximum Gasteiger partial charge on any atom is 0.0700 e. The Balaban J connectivity index is 3.73. The van der Waals surface area contributed by atoms with Crippen LogP contribution in [0, 0.1) is 5.41 Å². The van der Waals surface area contributed by atoms with E-state index in [9.17, 15) is 0 Å². The summed E-state index contributed by atoms with van der Waals surface area (Å²) in [6.45, 7) is 11.1. The van der Waals surface area contributed by atoms with Crippen molar-refractivity contribution in [3.05, 3.63) is 0 Å². The van der Waals surface area contributed by atoms with E-state index < -0.39 is 0 Å². The number of nitrogens with one attached hydrogen (secondary N) is 1. The molecule has 0 aromatic rings. The molecular formula is C13H29NO2. The van der Waals surface area contributed by atoms with Crippen LogP contribution in [-0.4, -0.2) is 40.0 Å². The molecule has 0 aliphatic rings. The molecule has 0 bridgehead atoms. The van der Waals surface area contributed by atoms with E-state index in [1.807, 2.05) is 0 Å². The van der Waals surface area contributed by atoms with Crippen LogP contribution >= 0.6 is 0 Å². The minimum absolute atomic E-state index is 0.373. The quantitative estimate of drug-likeness (QED) is 0.554. The van der Waals surface area contributed by atoms with Crippen molar-refractivity contribution >= 4 is 0 Å². The van der Waals surface area contributed by atoms with Gasteiger partial charge >= 0.3 is 0 Å². The Morgan fingerprint density at radius 1 is 1.06 bits per heavy atom. The summed E-state index contributed by atoms with van der Waals surface area (Å²) in [5.41, 5.74) is 0.373. The molecule has 3 nitrogen and oxygen atoms in total. The molecule has 0 rings (SSSR count). The zero-order valence-corrected chi connectivity index (χ0v) is 11.5. The van der Waals surface area contributed by atoms with Crippen molar-refractivity contribution in [2.24, 2.45) is 5.41 Å². The second-order valence-electron chi connectivity index (χ2n) is 4.70. The maximum absolute atomic E-state index is 5.54. The highest BCUT2D eigenvalue weighted by Gasteiger charge is 2.22. The maximum atomic E-state index is 5.54. The summed E-state index contributed by atoms with van der Waals surface area (Å²) < 4.78 is 10.5. The lowest BCUT2D eigenvalue weighted by atomic mass is 9.82. The highest BCUT2D eigenvalue weighted by atomic mass is 16.5. The Labute approximate surface area is 101 Å². The zero-order chi connectivity index (χ0) is 12.3. The Morgan fingerprint density at radius 2 is 1.81 bits per heavy atom. The van der Waals surface area contributed by atoms with Crippen molar-refractivity contribution < 1.29 is 9.47 Å². The van der Waals surface area contributed by atoms with E-state index >= 15 is 0 Å². The van der Waals surface area contributed by atoms with Gasteiger partial charge in [0, 0.05) is 20.3 Å². The van der Waals surface area contributed by atoms with Gasteiger partial charge in [-0.05, 0) is 24.8 Å². The summed E-state index contributed by atoms with van der Waals surface area (Å²) in [6, 6.07) is 0. The van der Waals surface area contributed by atoms with Gasteiger partial charge in [-0.3, -0.25) is 0 Å². The molecule has 0 aromatic carbocycles. The molecule has 0 fully saturated rings. The van der Waals surface area contributed by atoms with Gasteiger partial charge in [0.1, 0.15) is 0 Å². The zero-order valence-electron chi connectivity index (χ0n) is 11.5. The van der Waals surface area contributed by atoms with E-state index in [0.717, 1.165) is 26.1 Å². The van der Waals surface area contributed by atoms with Crippen molar-refractivity contribution in [1.82, 2.24) is 5.32 Å². The molecule has 0 saturated heterocycles. The van der Waals surface area contributed by atoms with Crippen LogP contribution in [-0.2, 0) is 9.47 Å². The van der Waals surface area contributed by atoms with Gasteiger partial charge in [-0.15, -0.1) is 0 Å². The second-order valence-corrected chi connectivity index (χ2v) is 4.70. The van der Waals surface area contributed by atoms with Gasteiger partial charge in [-0.25, -0.2) is 0 Å². The van der Waals surface area contributed by atoms with Crippen LogP contribution in [0.2, 0.25) is 0 Å². The van der Waals surface area contributed by atoms with E-state index in [0.29, 0.717) is 18.6 Å². The van der Waals surface area contributed by atoms with Crippen LogP contribution in [0.25, 0.3) is 0 Å². The fourth-order valence-electron chi connectivity index (χ4n) is 1.89. The topological polar surface area (TPSA) is 30.5 Å². The Kier molecular flexibility index (Phi) is 9.99. The third-order valence-corrected chi connectivity index (χ3v) is 2.94. The van der Waals surface area contributed by atoms with Crippen molar-refractivity contribution in [3.63, 3.8) is 0 Å². The van der Waals surface area contributed by atoms with Gasteiger partial charge in [-0.2, -0.15) is 0 Å². The largest absolute Gasteiger partial charge is 0.382 e. The average molecular weight is 231 g/mol. The van der Waals surface area contributed by atoms with Crippen LogP contribution in [0.5, 0.6) is 0 Å². The fourth-order valence-corrected chi connectivity index (χ4v) is 1.89. The molecule has 0 saturated carbocycles. The monoisotopic (exact) mass is 231 g/mol. The summed E-state index contributed by atoms with van der Waals surface area (Å²) in [5, 5.41) is 3.45. The molecule has 0 radical (unpaired) electrons. The molecule has 16 heavy (non-hydrogen) atoms. The van der Waals surface area contributed by atoms with Gasteiger partial charge < -0.3 is 14.8 Å². The molecule has 1 unspecified atom stereocenters. The molecule has 3 heteroatoms. The van der Waals surface area contributed by atoms with Crippen LogP contribution in [0.3, 0.4) is 0 Å². The van der Waals surface area contributed by atoms with Gasteiger partial charge in [0.25, 0.3) is 0 Å². The molecule has 0 aliphatic heterocycles. The molecule has 1 N–H and O–H groups in total. The van der Waals surface area contributed by atoms with Crippen LogP contribution in [0.4, 0.5) is 0 Å². The Hall–Kier alpha value is -0.120. The SMILES string of the molecule is CCCC(C)(CCOCCOC)CNCC. The standard InChI is InChI=1S/C13H29NO2/c1-5-7-13(3,12-14-6-2)8-9-16-11-10-15-4/h14H,5-12H2,1-4H3. The average Bonchev–Trinajstić information content (AvgIpc) is 2.27. The number of rotatable bonds is 11. The van der Waals surface area contributed by atoms with E-state index in [1.165, 1.54) is 12.8 Å². The van der Waals surface area contributed by atoms with E-state index in [2.05, 4.69) is 26.1 Å². The van der Waals surface area contributed by atoms with Gasteiger partial charge in [0.05, 0.1) is 13.2 Å². The molecule has 0 spiro atoms. The number of methoxy groups -OCH3 is 1. The number of hydrogen-bond donors (Lipinski definition) is 1. The first-order valence-electron chi connectivity index (χ1n) is 6.46. The molecule has 0 amide bonds. The fraction of sp³-hybridized carbons (Fsp3) is 1.00. The Bertz CT molecular complexity index is 153. The van der Waals surface area contributed by atoms with Crippen molar-refractivity contribution in [2.45, 2.75) is 40.0 Å². The number of hydrogen-bond acceptors (Lipinski definition) is 3.